The lowest BCUT2D eigenvalue weighted by molar-refractivity contribution is -0.870. The van der Waals surface area contributed by atoms with Crippen molar-refractivity contribution in [3.63, 3.8) is 0 Å². The summed E-state index contributed by atoms with van der Waals surface area (Å²) >= 11 is 0. The van der Waals surface area contributed by atoms with Crippen LogP contribution in [0.2, 0.25) is 0 Å². The molecule has 0 aliphatic rings. The summed E-state index contributed by atoms with van der Waals surface area (Å²) in [5, 5.41) is 11.7. The molecule has 0 saturated heterocycles. The molecule has 9 heteroatoms. The number of carboxylic acid groups (broad SMARTS) is 1. The van der Waals surface area contributed by atoms with Gasteiger partial charge >= 0.3 is 11.9 Å². The zero-order valence-corrected chi connectivity index (χ0v) is 41.3. The Kier molecular flexibility index (Phi) is 43.7. The van der Waals surface area contributed by atoms with Gasteiger partial charge in [0.1, 0.15) is 13.2 Å². The van der Waals surface area contributed by atoms with E-state index in [-0.39, 0.29) is 32.2 Å². The normalized spacial score (nSPS) is 13.0. The average Bonchev–Trinajstić information content (AvgIpc) is 3.23. The number of rotatable bonds is 48. The highest BCUT2D eigenvalue weighted by Crippen LogP contribution is 2.16. The second-order valence-electron chi connectivity index (χ2n) is 18.8. The fourth-order valence-corrected chi connectivity index (χ4v) is 7.39. The van der Waals surface area contributed by atoms with Crippen molar-refractivity contribution in [2.24, 2.45) is 0 Å². The molecule has 0 aromatic carbocycles. The van der Waals surface area contributed by atoms with Crippen LogP contribution in [0.15, 0.2) is 24.3 Å². The SMILES string of the molecule is CCCCCCC/C=C\C/C=C\CCCCCCCCCCCCCCCCCC(=O)OC(COC(=O)CCCCCCCCCCCC)COC(OCC[N+](C)(C)C)C(=O)[O-]. The number of aliphatic carboxylic acids is 1. The number of carboxylic acids is 1. The highest BCUT2D eigenvalue weighted by molar-refractivity contribution is 5.70. The van der Waals surface area contributed by atoms with E-state index in [2.05, 4.69) is 38.2 Å². The van der Waals surface area contributed by atoms with Crippen LogP contribution in [0.5, 0.6) is 0 Å². The number of ether oxygens (including phenoxy) is 4. The molecule has 0 spiro atoms. The van der Waals surface area contributed by atoms with E-state index in [0.29, 0.717) is 23.9 Å². The lowest BCUT2D eigenvalue weighted by Gasteiger charge is -2.26. The van der Waals surface area contributed by atoms with Crippen LogP contribution >= 0.6 is 0 Å². The van der Waals surface area contributed by atoms with Crippen LogP contribution in [0.3, 0.4) is 0 Å². The highest BCUT2D eigenvalue weighted by atomic mass is 16.7. The number of esters is 2. The van der Waals surface area contributed by atoms with Crippen molar-refractivity contribution in [2.75, 3.05) is 47.5 Å². The van der Waals surface area contributed by atoms with Gasteiger partial charge in [-0.2, -0.15) is 0 Å². The lowest BCUT2D eigenvalue weighted by atomic mass is 10.0. The number of quaternary nitrogens is 1. The number of hydrogen-bond acceptors (Lipinski definition) is 8. The summed E-state index contributed by atoms with van der Waals surface area (Å²) < 4.78 is 22.6. The molecule has 2 atom stereocenters. The molecule has 0 fully saturated rings. The zero-order valence-electron chi connectivity index (χ0n) is 41.3. The molecule has 0 aliphatic heterocycles. The average molecular weight is 878 g/mol. The van der Waals surface area contributed by atoms with Crippen LogP contribution in [0.4, 0.5) is 0 Å². The van der Waals surface area contributed by atoms with Crippen molar-refractivity contribution < 1.29 is 42.9 Å². The maximum Gasteiger partial charge on any atom is 0.306 e. The molecule has 9 nitrogen and oxygen atoms in total. The van der Waals surface area contributed by atoms with Crippen LogP contribution in [-0.4, -0.2) is 82.3 Å². The van der Waals surface area contributed by atoms with Crippen molar-refractivity contribution in [1.82, 2.24) is 0 Å². The topological polar surface area (TPSA) is 111 Å². The van der Waals surface area contributed by atoms with Crippen molar-refractivity contribution >= 4 is 17.9 Å². The maximum atomic E-state index is 12.8. The number of likely N-dealkylation sites (N-methyl/N-ethyl adjacent to an activating group) is 1. The van der Waals surface area contributed by atoms with Crippen molar-refractivity contribution in [3.05, 3.63) is 24.3 Å². The first-order valence-electron chi connectivity index (χ1n) is 26.0. The monoisotopic (exact) mass is 878 g/mol. The number of hydrogen-bond donors (Lipinski definition) is 0. The quantitative estimate of drug-likeness (QED) is 0.0195. The Hall–Kier alpha value is -2.23. The van der Waals surface area contributed by atoms with E-state index in [9.17, 15) is 19.5 Å². The van der Waals surface area contributed by atoms with Crippen LogP contribution in [-0.2, 0) is 33.3 Å². The van der Waals surface area contributed by atoms with E-state index < -0.39 is 24.3 Å². The zero-order chi connectivity index (χ0) is 45.6. The van der Waals surface area contributed by atoms with Gasteiger partial charge in [0.15, 0.2) is 12.4 Å². The number of allylic oxidation sites excluding steroid dienone is 4. The summed E-state index contributed by atoms with van der Waals surface area (Å²) in [6, 6.07) is 0. The van der Waals surface area contributed by atoms with Crippen LogP contribution < -0.4 is 5.11 Å². The molecular weight excluding hydrogens is 779 g/mol. The Morgan fingerprint density at radius 1 is 0.484 bits per heavy atom. The predicted molar refractivity (Wildman–Crippen MR) is 256 cm³/mol. The third-order valence-corrected chi connectivity index (χ3v) is 11.5. The molecular formula is C53H99NO8. The van der Waals surface area contributed by atoms with E-state index in [0.717, 1.165) is 38.5 Å². The molecule has 62 heavy (non-hydrogen) atoms. The van der Waals surface area contributed by atoms with Crippen LogP contribution in [0, 0.1) is 0 Å². The summed E-state index contributed by atoms with van der Waals surface area (Å²) in [5.74, 6) is -2.27. The standard InChI is InChI=1S/C53H99NO8/c1-6-8-10-12-14-16-18-19-20-21-22-23-24-25-26-27-28-29-30-31-32-33-34-36-38-40-42-44-51(56)62-49(48-61-53(52(57)58)59-46-45-54(3,4)5)47-60-50(55)43-41-39-37-35-17-15-13-11-9-7-2/h18-19,21-22,49,53H,6-17,20,23-48H2,1-5H3/b19-18-,22-21-. The summed E-state index contributed by atoms with van der Waals surface area (Å²) in [6.45, 7) is 4.74. The molecule has 0 N–H and O–H groups in total. The molecule has 0 aliphatic carbocycles. The minimum Gasteiger partial charge on any atom is -0.545 e. The van der Waals surface area contributed by atoms with Gasteiger partial charge in [-0.25, -0.2) is 0 Å². The van der Waals surface area contributed by atoms with Gasteiger partial charge in [-0.1, -0.05) is 205 Å². The molecule has 0 saturated carbocycles. The Labute approximate surface area is 382 Å². The molecule has 0 radical (unpaired) electrons. The van der Waals surface area contributed by atoms with E-state index in [1.807, 2.05) is 21.1 Å². The predicted octanol–water partition coefficient (Wildman–Crippen LogP) is 13.1. The second kappa shape index (κ2) is 45.3. The van der Waals surface area contributed by atoms with Gasteiger partial charge in [0.25, 0.3) is 0 Å². The first-order valence-corrected chi connectivity index (χ1v) is 26.0. The van der Waals surface area contributed by atoms with Gasteiger partial charge in [0.05, 0.1) is 40.3 Å². The summed E-state index contributed by atoms with van der Waals surface area (Å²) in [5.41, 5.74) is 0. The summed E-state index contributed by atoms with van der Waals surface area (Å²) in [6.07, 6.45) is 48.0. The molecule has 0 amide bonds. The molecule has 2 unspecified atom stereocenters. The molecule has 0 aromatic heterocycles. The van der Waals surface area contributed by atoms with Gasteiger partial charge in [-0.3, -0.25) is 9.59 Å². The van der Waals surface area contributed by atoms with Gasteiger partial charge in [0, 0.05) is 12.8 Å². The Morgan fingerprint density at radius 2 is 0.871 bits per heavy atom. The highest BCUT2D eigenvalue weighted by Gasteiger charge is 2.22. The van der Waals surface area contributed by atoms with Crippen molar-refractivity contribution in [3.8, 4) is 0 Å². The van der Waals surface area contributed by atoms with Crippen LogP contribution in [0.1, 0.15) is 239 Å². The van der Waals surface area contributed by atoms with Gasteiger partial charge in [0.2, 0.25) is 0 Å². The first kappa shape index (κ1) is 59.8. The van der Waals surface area contributed by atoms with Crippen LogP contribution in [0.25, 0.3) is 0 Å². The van der Waals surface area contributed by atoms with Gasteiger partial charge < -0.3 is 33.3 Å². The Balaban J connectivity index is 4.15. The Bertz CT molecular complexity index is 1070. The summed E-state index contributed by atoms with van der Waals surface area (Å²) in [4.78, 5) is 37.0. The molecule has 0 bridgehead atoms. The third kappa shape index (κ3) is 45.8. The Morgan fingerprint density at radius 3 is 1.27 bits per heavy atom. The third-order valence-electron chi connectivity index (χ3n) is 11.5. The van der Waals surface area contributed by atoms with Crippen molar-refractivity contribution in [1.29, 1.82) is 0 Å². The number of carbonyl (C=O) groups excluding carboxylic acids is 3. The molecule has 0 aromatic rings. The summed E-state index contributed by atoms with van der Waals surface area (Å²) in [7, 11) is 5.92. The second-order valence-corrected chi connectivity index (χ2v) is 18.8. The van der Waals surface area contributed by atoms with Gasteiger partial charge in [-0.05, 0) is 44.9 Å². The lowest BCUT2D eigenvalue weighted by Crippen LogP contribution is -2.44. The molecule has 364 valence electrons. The van der Waals surface area contributed by atoms with Gasteiger partial charge in [-0.15, -0.1) is 0 Å². The number of carbonyl (C=O) groups is 3. The maximum absolute atomic E-state index is 12.8. The van der Waals surface area contributed by atoms with E-state index >= 15 is 0 Å². The van der Waals surface area contributed by atoms with Crippen molar-refractivity contribution in [2.45, 2.75) is 251 Å². The smallest absolute Gasteiger partial charge is 0.306 e. The fourth-order valence-electron chi connectivity index (χ4n) is 7.39. The molecule has 0 heterocycles. The molecule has 0 rings (SSSR count). The first-order chi connectivity index (χ1) is 30.1. The number of unbranched alkanes of at least 4 members (excludes halogenated alkanes) is 29. The number of nitrogens with zero attached hydrogens (tertiary/aromatic N) is 1. The van der Waals surface area contributed by atoms with E-state index in [4.69, 9.17) is 18.9 Å². The minimum atomic E-state index is -1.62. The van der Waals surface area contributed by atoms with E-state index in [1.54, 1.807) is 0 Å². The minimum absolute atomic E-state index is 0.150. The largest absolute Gasteiger partial charge is 0.545 e. The fraction of sp³-hybridized carbons (Fsp3) is 0.868. The van der Waals surface area contributed by atoms with E-state index in [1.165, 1.54) is 167 Å².